The first kappa shape index (κ1) is 26.1. The number of rotatable bonds is 8. The van der Waals surface area contributed by atoms with E-state index in [9.17, 15) is 26.3 Å². The lowest BCUT2D eigenvalue weighted by molar-refractivity contribution is -0.143. The molecule has 0 saturated heterocycles. The molecule has 35 heavy (non-hydrogen) atoms. The molecule has 4 nitrogen and oxygen atoms in total. The Kier molecular flexibility index (Phi) is 7.09. The number of halogens is 7. The van der Waals surface area contributed by atoms with Gasteiger partial charge in [0.1, 0.15) is 5.50 Å². The molecule has 1 atom stereocenters. The largest absolute Gasteiger partial charge is 0.435 e. The van der Waals surface area contributed by atoms with Crippen LogP contribution in [0.15, 0.2) is 12.1 Å². The molecule has 4 rings (SSSR count). The minimum absolute atomic E-state index is 0.0534. The van der Waals surface area contributed by atoms with Gasteiger partial charge < -0.3 is 4.57 Å². The van der Waals surface area contributed by atoms with Crippen molar-refractivity contribution in [1.82, 2.24) is 14.5 Å². The van der Waals surface area contributed by atoms with E-state index in [1.807, 2.05) is 32.9 Å². The van der Waals surface area contributed by atoms with E-state index in [0.29, 0.717) is 24.6 Å². The first-order valence-corrected chi connectivity index (χ1v) is 12.1. The molecule has 1 aromatic carbocycles. The summed E-state index contributed by atoms with van der Waals surface area (Å²) in [6, 6.07) is 3.86. The number of aryl methyl sites for hydroxylation is 3. The molecule has 11 heteroatoms. The van der Waals surface area contributed by atoms with E-state index in [0.717, 1.165) is 29.5 Å². The summed E-state index contributed by atoms with van der Waals surface area (Å²) in [7, 11) is 0. The van der Waals surface area contributed by atoms with Crippen molar-refractivity contribution in [2.75, 3.05) is 18.0 Å². The highest BCUT2D eigenvalue weighted by Crippen LogP contribution is 2.44. The van der Waals surface area contributed by atoms with Gasteiger partial charge in [0.15, 0.2) is 5.69 Å². The minimum Gasteiger partial charge on any atom is -0.309 e. The first-order chi connectivity index (χ1) is 16.2. The van der Waals surface area contributed by atoms with Crippen LogP contribution in [0.3, 0.4) is 0 Å². The van der Waals surface area contributed by atoms with E-state index in [1.54, 1.807) is 4.90 Å². The predicted molar refractivity (Wildman–Crippen MR) is 123 cm³/mol. The number of alkyl halides is 7. The van der Waals surface area contributed by atoms with Crippen molar-refractivity contribution in [1.29, 1.82) is 0 Å². The summed E-state index contributed by atoms with van der Waals surface area (Å²) < 4.78 is 82.4. The average Bonchev–Trinajstić information content (AvgIpc) is 3.40. The van der Waals surface area contributed by atoms with Crippen molar-refractivity contribution < 1.29 is 26.3 Å². The molecule has 1 saturated carbocycles. The zero-order valence-electron chi connectivity index (χ0n) is 19.9. The van der Waals surface area contributed by atoms with Crippen molar-refractivity contribution in [3.63, 3.8) is 0 Å². The number of hydrogen-bond donors (Lipinski definition) is 0. The van der Waals surface area contributed by atoms with Gasteiger partial charge in [-0.15, -0.1) is 0 Å². The van der Waals surface area contributed by atoms with Crippen LogP contribution in [0.5, 0.6) is 0 Å². The summed E-state index contributed by atoms with van der Waals surface area (Å²) in [5.74, 6) is 0.511. The van der Waals surface area contributed by atoms with Crippen molar-refractivity contribution in [3.8, 4) is 0 Å². The minimum atomic E-state index is -4.75. The lowest BCUT2D eigenvalue weighted by atomic mass is 10.0. The topological polar surface area (TPSA) is 24.3 Å². The zero-order valence-corrected chi connectivity index (χ0v) is 20.7. The molecule has 1 unspecified atom stereocenters. The number of benzene rings is 1. The van der Waals surface area contributed by atoms with E-state index in [1.165, 1.54) is 9.47 Å². The summed E-state index contributed by atoms with van der Waals surface area (Å²) in [6.07, 6.45) is -7.51. The highest BCUT2D eigenvalue weighted by atomic mass is 35.5. The van der Waals surface area contributed by atoms with Gasteiger partial charge in [-0.05, 0) is 50.8 Å². The van der Waals surface area contributed by atoms with Crippen LogP contribution in [0.25, 0.3) is 0 Å². The SMILES string of the molecule is Cc1cc(C)c(N2c3nc(C(F)(F)F)c(CN(CCC4CC4)CCC(F)(F)F)n3CC2Cl)c(C)c1. The molecule has 194 valence electrons. The van der Waals surface area contributed by atoms with E-state index >= 15 is 0 Å². The molecule has 2 heterocycles. The van der Waals surface area contributed by atoms with Crippen LogP contribution in [0.1, 0.15) is 53.8 Å². The third kappa shape index (κ3) is 5.90. The molecule has 0 spiro atoms. The maximum absolute atomic E-state index is 14.1. The van der Waals surface area contributed by atoms with Crippen LogP contribution in [0.2, 0.25) is 0 Å². The van der Waals surface area contributed by atoms with Gasteiger partial charge in [0.2, 0.25) is 5.95 Å². The van der Waals surface area contributed by atoms with Crippen LogP contribution in [0.4, 0.5) is 38.0 Å². The summed E-state index contributed by atoms with van der Waals surface area (Å²) in [5, 5.41) is 0. The van der Waals surface area contributed by atoms with Gasteiger partial charge in [-0.1, -0.05) is 42.1 Å². The van der Waals surface area contributed by atoms with Gasteiger partial charge in [0, 0.05) is 13.1 Å². The second kappa shape index (κ2) is 9.50. The fourth-order valence-corrected chi connectivity index (χ4v) is 5.25. The molecule has 0 amide bonds. The molecule has 2 aromatic rings. The van der Waals surface area contributed by atoms with E-state index in [2.05, 4.69) is 4.98 Å². The molecule has 0 radical (unpaired) electrons. The monoisotopic (exact) mass is 522 g/mol. The standard InChI is InChI=1S/C24H29ClF6N4/c1-14-10-15(2)20(16(3)11-14)35-19(25)13-34-18(21(24(29,30)31)32-22(34)35)12-33(8-6-17-4-5-17)9-7-23(26,27)28/h10-11,17,19H,4-9,12-13H2,1-3H3. The van der Waals surface area contributed by atoms with Crippen LogP contribution < -0.4 is 4.90 Å². The summed E-state index contributed by atoms with van der Waals surface area (Å²) in [6.45, 7) is 5.40. The number of nitrogens with zero attached hydrogens (tertiary/aromatic N) is 4. The Morgan fingerprint density at radius 1 is 1.03 bits per heavy atom. The highest BCUT2D eigenvalue weighted by molar-refractivity contribution is 6.22. The maximum atomic E-state index is 14.1. The van der Waals surface area contributed by atoms with Crippen LogP contribution in [-0.2, 0) is 19.3 Å². The number of aromatic nitrogens is 2. The highest BCUT2D eigenvalue weighted by Gasteiger charge is 2.44. The van der Waals surface area contributed by atoms with Gasteiger partial charge in [-0.2, -0.15) is 26.3 Å². The number of imidazole rings is 1. The second-order valence-corrected chi connectivity index (χ2v) is 10.2. The smallest absolute Gasteiger partial charge is 0.309 e. The molecule has 0 N–H and O–H groups in total. The average molecular weight is 523 g/mol. The fourth-order valence-electron chi connectivity index (χ4n) is 4.92. The van der Waals surface area contributed by atoms with Gasteiger partial charge in [-0.3, -0.25) is 9.80 Å². The molecule has 1 aliphatic heterocycles. The van der Waals surface area contributed by atoms with Gasteiger partial charge in [0.25, 0.3) is 0 Å². The maximum Gasteiger partial charge on any atom is 0.435 e. The van der Waals surface area contributed by atoms with E-state index < -0.39 is 30.0 Å². The lowest BCUT2D eigenvalue weighted by Gasteiger charge is -2.25. The van der Waals surface area contributed by atoms with Crippen LogP contribution in [-0.4, -0.2) is 39.2 Å². The van der Waals surface area contributed by atoms with Gasteiger partial charge in [0.05, 0.1) is 24.3 Å². The van der Waals surface area contributed by atoms with Gasteiger partial charge in [-0.25, -0.2) is 4.98 Å². The summed E-state index contributed by atoms with van der Waals surface area (Å²) >= 11 is 6.63. The number of anilines is 2. The van der Waals surface area contributed by atoms with Crippen LogP contribution in [0, 0.1) is 26.7 Å². The number of fused-ring (bicyclic) bond motifs is 1. The molecule has 1 aliphatic carbocycles. The quantitative estimate of drug-likeness (QED) is 0.210. The number of hydrogen-bond acceptors (Lipinski definition) is 3. The van der Waals surface area contributed by atoms with E-state index in [-0.39, 0.29) is 31.3 Å². The second-order valence-electron chi connectivity index (χ2n) is 9.74. The van der Waals surface area contributed by atoms with Crippen molar-refractivity contribution in [3.05, 3.63) is 40.2 Å². The predicted octanol–water partition coefficient (Wildman–Crippen LogP) is 7.10. The van der Waals surface area contributed by atoms with Crippen molar-refractivity contribution in [2.45, 2.75) is 77.4 Å². The molecule has 1 fully saturated rings. The Bertz CT molecular complexity index is 1050. The summed E-state index contributed by atoms with van der Waals surface area (Å²) in [5.41, 5.74) is 1.56. The molecule has 1 aromatic heterocycles. The fraction of sp³-hybridized carbons (Fsp3) is 0.625. The Labute approximate surface area is 205 Å². The Hall–Kier alpha value is -1.94. The zero-order chi connectivity index (χ0) is 25.7. The Morgan fingerprint density at radius 3 is 2.20 bits per heavy atom. The molecular formula is C24H29ClF6N4. The van der Waals surface area contributed by atoms with Crippen LogP contribution >= 0.6 is 11.6 Å². The van der Waals surface area contributed by atoms with E-state index in [4.69, 9.17) is 11.6 Å². The summed E-state index contributed by atoms with van der Waals surface area (Å²) in [4.78, 5) is 7.05. The molecular weight excluding hydrogens is 494 g/mol. The Balaban J connectivity index is 1.72. The van der Waals surface area contributed by atoms with Crippen molar-refractivity contribution in [2.24, 2.45) is 5.92 Å². The molecule has 2 aliphatic rings. The third-order valence-corrected chi connectivity index (χ3v) is 6.99. The first-order valence-electron chi connectivity index (χ1n) is 11.7. The third-order valence-electron chi connectivity index (χ3n) is 6.66. The Morgan fingerprint density at radius 2 is 1.66 bits per heavy atom. The van der Waals surface area contributed by atoms with Crippen molar-refractivity contribution >= 4 is 23.2 Å². The molecule has 0 bridgehead atoms. The van der Waals surface area contributed by atoms with Gasteiger partial charge >= 0.3 is 12.4 Å². The lowest BCUT2D eigenvalue weighted by Crippen LogP contribution is -2.31. The normalized spacial score (nSPS) is 18.6.